The van der Waals surface area contributed by atoms with Crippen molar-refractivity contribution in [1.82, 2.24) is 24.8 Å². The standard InChI is InChI=1S/C19H23N5O2/c1-3-24-17-8-9-23(10-15(17)16(12-25)21-24)11-18-20-19(26-22-18)14-6-4-13(2)5-7-14/h4-7,25H,3,8-12H2,1-2H3. The Bertz CT molecular complexity index is 897. The van der Waals surface area contributed by atoms with Crippen LogP contribution in [0.2, 0.25) is 0 Å². The minimum atomic E-state index is -0.0248. The number of fused-ring (bicyclic) bond motifs is 1. The first-order chi connectivity index (χ1) is 12.7. The summed E-state index contributed by atoms with van der Waals surface area (Å²) in [6, 6.07) is 8.05. The van der Waals surface area contributed by atoms with Crippen LogP contribution in [0.4, 0.5) is 0 Å². The Labute approximate surface area is 152 Å². The third-order valence-electron chi connectivity index (χ3n) is 4.88. The second-order valence-corrected chi connectivity index (χ2v) is 6.69. The van der Waals surface area contributed by atoms with Crippen LogP contribution >= 0.6 is 0 Å². The van der Waals surface area contributed by atoms with Crippen molar-refractivity contribution in [1.29, 1.82) is 0 Å². The molecule has 0 spiro atoms. The first kappa shape index (κ1) is 16.9. The van der Waals surface area contributed by atoms with Gasteiger partial charge in [0.1, 0.15) is 0 Å². The van der Waals surface area contributed by atoms with E-state index in [2.05, 4.69) is 34.0 Å². The van der Waals surface area contributed by atoms with Crippen LogP contribution in [-0.2, 0) is 32.7 Å². The smallest absolute Gasteiger partial charge is 0.257 e. The van der Waals surface area contributed by atoms with E-state index in [9.17, 15) is 5.11 Å². The molecule has 0 unspecified atom stereocenters. The molecular formula is C19H23N5O2. The van der Waals surface area contributed by atoms with Crippen LogP contribution in [-0.4, -0.2) is 36.5 Å². The molecule has 1 aliphatic rings. The average Bonchev–Trinajstić information content (AvgIpc) is 3.26. The minimum absolute atomic E-state index is 0.0248. The lowest BCUT2D eigenvalue weighted by Crippen LogP contribution is -2.31. The van der Waals surface area contributed by atoms with Crippen molar-refractivity contribution in [3.63, 3.8) is 0 Å². The number of aryl methyl sites for hydroxylation is 2. The molecular weight excluding hydrogens is 330 g/mol. The number of rotatable bonds is 5. The molecule has 0 fully saturated rings. The van der Waals surface area contributed by atoms with Gasteiger partial charge in [-0.15, -0.1) is 0 Å². The monoisotopic (exact) mass is 353 g/mol. The van der Waals surface area contributed by atoms with E-state index in [1.54, 1.807) is 0 Å². The quantitative estimate of drug-likeness (QED) is 0.758. The molecule has 3 heterocycles. The van der Waals surface area contributed by atoms with Gasteiger partial charge in [-0.3, -0.25) is 9.58 Å². The first-order valence-corrected chi connectivity index (χ1v) is 8.98. The Balaban J connectivity index is 1.49. The van der Waals surface area contributed by atoms with Gasteiger partial charge in [-0.25, -0.2) is 0 Å². The summed E-state index contributed by atoms with van der Waals surface area (Å²) in [5, 5.41) is 18.2. The van der Waals surface area contributed by atoms with E-state index in [1.807, 2.05) is 28.9 Å². The molecule has 0 atom stereocenters. The molecule has 0 saturated heterocycles. The van der Waals surface area contributed by atoms with Crippen molar-refractivity contribution in [2.45, 2.75) is 46.5 Å². The second kappa shape index (κ2) is 7.01. The predicted molar refractivity (Wildman–Crippen MR) is 96.1 cm³/mol. The molecule has 7 heteroatoms. The van der Waals surface area contributed by atoms with Crippen molar-refractivity contribution in [2.24, 2.45) is 0 Å². The maximum absolute atomic E-state index is 9.59. The Morgan fingerprint density at radius 3 is 2.77 bits per heavy atom. The van der Waals surface area contributed by atoms with E-state index in [1.165, 1.54) is 11.3 Å². The summed E-state index contributed by atoms with van der Waals surface area (Å²) in [7, 11) is 0. The molecule has 1 aliphatic heterocycles. The lowest BCUT2D eigenvalue weighted by atomic mass is 10.1. The third kappa shape index (κ3) is 3.15. The molecule has 2 aromatic heterocycles. The molecule has 1 N–H and O–H groups in total. The van der Waals surface area contributed by atoms with Gasteiger partial charge < -0.3 is 9.63 Å². The molecule has 0 radical (unpaired) electrons. The van der Waals surface area contributed by atoms with Crippen molar-refractivity contribution >= 4 is 0 Å². The SMILES string of the molecule is CCn1nc(CO)c2c1CCN(Cc1noc(-c3ccc(C)cc3)n1)C2. The van der Waals surface area contributed by atoms with E-state index >= 15 is 0 Å². The predicted octanol–water partition coefficient (Wildman–Crippen LogP) is 2.31. The van der Waals surface area contributed by atoms with E-state index in [-0.39, 0.29) is 6.61 Å². The zero-order valence-corrected chi connectivity index (χ0v) is 15.1. The highest BCUT2D eigenvalue weighted by molar-refractivity contribution is 5.53. The summed E-state index contributed by atoms with van der Waals surface area (Å²) >= 11 is 0. The molecule has 26 heavy (non-hydrogen) atoms. The largest absolute Gasteiger partial charge is 0.390 e. The topological polar surface area (TPSA) is 80.2 Å². The van der Waals surface area contributed by atoms with Gasteiger partial charge in [0.15, 0.2) is 5.82 Å². The summed E-state index contributed by atoms with van der Waals surface area (Å²) < 4.78 is 7.43. The second-order valence-electron chi connectivity index (χ2n) is 6.69. The van der Waals surface area contributed by atoms with Crippen LogP contribution in [0.1, 0.15) is 35.3 Å². The van der Waals surface area contributed by atoms with Gasteiger partial charge in [0, 0.05) is 42.9 Å². The fourth-order valence-corrected chi connectivity index (χ4v) is 3.47. The van der Waals surface area contributed by atoms with Gasteiger partial charge in [-0.2, -0.15) is 10.1 Å². The Morgan fingerprint density at radius 1 is 1.23 bits per heavy atom. The molecule has 1 aromatic carbocycles. The van der Waals surface area contributed by atoms with Crippen LogP contribution in [0.3, 0.4) is 0 Å². The van der Waals surface area contributed by atoms with E-state index < -0.39 is 0 Å². The van der Waals surface area contributed by atoms with Gasteiger partial charge in [-0.05, 0) is 26.0 Å². The molecule has 7 nitrogen and oxygen atoms in total. The summed E-state index contributed by atoms with van der Waals surface area (Å²) in [5.41, 5.74) is 5.29. The fraction of sp³-hybridized carbons (Fsp3) is 0.421. The summed E-state index contributed by atoms with van der Waals surface area (Å²) in [6.07, 6.45) is 0.916. The summed E-state index contributed by atoms with van der Waals surface area (Å²) in [6.45, 7) is 7.21. The highest BCUT2D eigenvalue weighted by atomic mass is 16.5. The number of aliphatic hydroxyl groups excluding tert-OH is 1. The van der Waals surface area contributed by atoms with Crippen LogP contribution in [0, 0.1) is 6.92 Å². The van der Waals surface area contributed by atoms with Crippen LogP contribution < -0.4 is 0 Å². The molecule has 0 amide bonds. The molecule has 0 aliphatic carbocycles. The van der Waals surface area contributed by atoms with Crippen molar-refractivity contribution < 1.29 is 9.63 Å². The number of aliphatic hydroxyl groups is 1. The molecule has 136 valence electrons. The molecule has 0 saturated carbocycles. The number of hydrogen-bond donors (Lipinski definition) is 1. The average molecular weight is 353 g/mol. The number of hydrogen-bond acceptors (Lipinski definition) is 6. The van der Waals surface area contributed by atoms with Crippen molar-refractivity contribution in [3.05, 3.63) is 52.6 Å². The van der Waals surface area contributed by atoms with Crippen molar-refractivity contribution in [3.8, 4) is 11.5 Å². The number of benzene rings is 1. The number of aromatic nitrogens is 4. The normalized spacial score (nSPS) is 14.6. The Kier molecular flexibility index (Phi) is 4.57. The maximum Gasteiger partial charge on any atom is 0.257 e. The van der Waals surface area contributed by atoms with E-state index in [0.717, 1.165) is 42.9 Å². The zero-order valence-electron chi connectivity index (χ0n) is 15.1. The summed E-state index contributed by atoms with van der Waals surface area (Å²) in [4.78, 5) is 6.81. The fourth-order valence-electron chi connectivity index (χ4n) is 3.47. The lowest BCUT2D eigenvalue weighted by Gasteiger charge is -2.26. The number of nitrogens with zero attached hydrogens (tertiary/aromatic N) is 5. The van der Waals surface area contributed by atoms with Gasteiger partial charge in [0.2, 0.25) is 0 Å². The maximum atomic E-state index is 9.59. The molecule has 4 rings (SSSR count). The van der Waals surface area contributed by atoms with E-state index in [0.29, 0.717) is 18.3 Å². The third-order valence-corrected chi connectivity index (χ3v) is 4.88. The Hall–Kier alpha value is -2.51. The summed E-state index contributed by atoms with van der Waals surface area (Å²) in [5.74, 6) is 1.23. The Morgan fingerprint density at radius 2 is 2.04 bits per heavy atom. The van der Waals surface area contributed by atoms with Gasteiger partial charge in [0.25, 0.3) is 5.89 Å². The van der Waals surface area contributed by atoms with Crippen LogP contribution in [0.5, 0.6) is 0 Å². The van der Waals surface area contributed by atoms with Gasteiger partial charge in [-0.1, -0.05) is 22.9 Å². The van der Waals surface area contributed by atoms with Gasteiger partial charge >= 0.3 is 0 Å². The van der Waals surface area contributed by atoms with Crippen LogP contribution in [0.25, 0.3) is 11.5 Å². The van der Waals surface area contributed by atoms with Crippen LogP contribution in [0.15, 0.2) is 28.8 Å². The first-order valence-electron chi connectivity index (χ1n) is 8.98. The minimum Gasteiger partial charge on any atom is -0.390 e. The molecule has 0 bridgehead atoms. The highest BCUT2D eigenvalue weighted by Gasteiger charge is 2.25. The molecule has 3 aromatic rings. The van der Waals surface area contributed by atoms with Crippen molar-refractivity contribution in [2.75, 3.05) is 6.54 Å². The van der Waals surface area contributed by atoms with Gasteiger partial charge in [0.05, 0.1) is 18.8 Å². The zero-order chi connectivity index (χ0) is 18.1. The highest BCUT2D eigenvalue weighted by Crippen LogP contribution is 2.24. The van der Waals surface area contributed by atoms with E-state index in [4.69, 9.17) is 4.52 Å². The lowest BCUT2D eigenvalue weighted by molar-refractivity contribution is 0.228.